The Morgan fingerprint density at radius 1 is 0.889 bits per heavy atom. The van der Waals surface area contributed by atoms with Gasteiger partial charge in [0, 0.05) is 19.5 Å². The predicted octanol–water partition coefficient (Wildman–Crippen LogP) is -3.41. The standard InChI is InChI=1S/H3O4P.3H2O.Zn/c1-5(2,3)4;;;;/h(H3,1,2,3,4);3*1H2;. The number of hydrogen-bond acceptors (Lipinski definition) is 1. The van der Waals surface area contributed by atoms with Gasteiger partial charge in [0.25, 0.3) is 0 Å². The van der Waals surface area contributed by atoms with Crippen LogP contribution in [0.5, 0.6) is 0 Å². The fourth-order valence-electron chi connectivity index (χ4n) is 0. The maximum absolute atomic E-state index is 8.88. The molecule has 0 aliphatic rings. The van der Waals surface area contributed by atoms with Crippen molar-refractivity contribution in [3.05, 3.63) is 0 Å². The monoisotopic (exact) mass is 216 g/mol. The van der Waals surface area contributed by atoms with E-state index in [4.69, 9.17) is 19.2 Å². The van der Waals surface area contributed by atoms with Gasteiger partial charge in [-0.2, -0.15) is 0 Å². The maximum Gasteiger partial charge on any atom is 0.466 e. The van der Waals surface area contributed by atoms with Crippen molar-refractivity contribution in [1.82, 2.24) is 0 Å². The zero-order chi connectivity index (χ0) is 4.50. The third kappa shape index (κ3) is 1000. The summed E-state index contributed by atoms with van der Waals surface area (Å²) in [6.07, 6.45) is 0. The molecule has 9 heteroatoms. The minimum absolute atomic E-state index is 0. The minimum atomic E-state index is -4.64. The van der Waals surface area contributed by atoms with Crippen LogP contribution in [0, 0.1) is 0 Å². The topological polar surface area (TPSA) is 172 Å². The van der Waals surface area contributed by atoms with Crippen LogP contribution in [0.2, 0.25) is 0 Å². The van der Waals surface area contributed by atoms with Gasteiger partial charge in [0.15, 0.2) is 0 Å². The van der Waals surface area contributed by atoms with Crippen LogP contribution in [0.15, 0.2) is 0 Å². The Morgan fingerprint density at radius 2 is 0.889 bits per heavy atom. The van der Waals surface area contributed by atoms with E-state index in [0.717, 1.165) is 0 Å². The number of hydrogen-bond donors (Lipinski definition) is 3. The van der Waals surface area contributed by atoms with Crippen molar-refractivity contribution < 1.29 is 55.2 Å². The fourth-order valence-corrected chi connectivity index (χ4v) is 0. The second-order valence-corrected chi connectivity index (χ2v) is 1.54. The molecule has 0 bridgehead atoms. The Kier molecular flexibility index (Phi) is 42.5. The quantitative estimate of drug-likeness (QED) is 0.283. The molecule has 0 spiro atoms. The third-order valence-corrected chi connectivity index (χ3v) is 0. The number of rotatable bonds is 0. The van der Waals surface area contributed by atoms with E-state index in [0.29, 0.717) is 0 Å². The zero-order valence-corrected chi connectivity index (χ0v) is 8.27. The van der Waals surface area contributed by atoms with Crippen molar-refractivity contribution in [2.24, 2.45) is 0 Å². The van der Waals surface area contributed by atoms with Gasteiger partial charge in [0.05, 0.1) is 0 Å². The van der Waals surface area contributed by atoms with Crippen LogP contribution in [0.3, 0.4) is 0 Å². The molecule has 9 heavy (non-hydrogen) atoms. The van der Waals surface area contributed by atoms with E-state index in [-0.39, 0.29) is 35.9 Å². The Labute approximate surface area is 63.6 Å². The molecule has 0 heterocycles. The summed E-state index contributed by atoms with van der Waals surface area (Å²) < 4.78 is 8.88. The van der Waals surface area contributed by atoms with Gasteiger partial charge in [-0.05, 0) is 0 Å². The summed E-state index contributed by atoms with van der Waals surface area (Å²) in [5.74, 6) is 0. The first-order valence-corrected chi connectivity index (χ1v) is 2.35. The summed E-state index contributed by atoms with van der Waals surface area (Å²) in [6.45, 7) is 0. The summed E-state index contributed by atoms with van der Waals surface area (Å²) in [6, 6.07) is 0. The third-order valence-electron chi connectivity index (χ3n) is 0. The Hall–Kier alpha value is 0.613. The molecule has 0 saturated heterocycles. The van der Waals surface area contributed by atoms with E-state index >= 15 is 0 Å². The minimum Gasteiger partial charge on any atom is -0.412 e. The van der Waals surface area contributed by atoms with E-state index in [1.54, 1.807) is 0 Å². The molecule has 0 aromatic rings. The normalized spacial score (nSPS) is 6.56. The summed E-state index contributed by atoms with van der Waals surface area (Å²) in [5.41, 5.74) is 0. The molecule has 0 amide bonds. The molecular formula is H9O7PZn. The van der Waals surface area contributed by atoms with Gasteiger partial charge in [-0.25, -0.2) is 4.57 Å². The van der Waals surface area contributed by atoms with Crippen molar-refractivity contribution in [1.29, 1.82) is 0 Å². The van der Waals surface area contributed by atoms with E-state index in [9.17, 15) is 0 Å². The summed E-state index contributed by atoms with van der Waals surface area (Å²) in [5, 5.41) is 0. The largest absolute Gasteiger partial charge is 0.466 e. The predicted molar refractivity (Wildman–Crippen MR) is 25.1 cm³/mol. The smallest absolute Gasteiger partial charge is 0.412 e. The molecule has 0 atom stereocenters. The van der Waals surface area contributed by atoms with Crippen LogP contribution in [0.1, 0.15) is 0 Å². The molecule has 0 rings (SSSR count). The Morgan fingerprint density at radius 3 is 0.889 bits per heavy atom. The van der Waals surface area contributed by atoms with Crippen molar-refractivity contribution in [2.75, 3.05) is 0 Å². The molecule has 0 radical (unpaired) electrons. The van der Waals surface area contributed by atoms with E-state index in [1.165, 1.54) is 0 Å². The SMILES string of the molecule is O.O.O.O=P(O)(O)O.[Zn]. The molecule has 7 nitrogen and oxygen atoms in total. The molecule has 0 aromatic heterocycles. The molecule has 0 aromatic carbocycles. The van der Waals surface area contributed by atoms with Crippen LogP contribution in [0.4, 0.5) is 0 Å². The van der Waals surface area contributed by atoms with Gasteiger partial charge < -0.3 is 31.1 Å². The van der Waals surface area contributed by atoms with E-state index in [2.05, 4.69) is 0 Å². The zero-order valence-electron chi connectivity index (χ0n) is 4.40. The average molecular weight is 217 g/mol. The van der Waals surface area contributed by atoms with Crippen LogP contribution >= 0.6 is 7.82 Å². The van der Waals surface area contributed by atoms with E-state index < -0.39 is 7.82 Å². The number of phosphoric acid groups is 1. The Balaban J connectivity index is -0.0000000133. The van der Waals surface area contributed by atoms with Crippen molar-refractivity contribution in [3.8, 4) is 0 Å². The second-order valence-electron chi connectivity index (χ2n) is 0.513. The molecule has 0 aliphatic heterocycles. The summed E-state index contributed by atoms with van der Waals surface area (Å²) in [7, 11) is -4.64. The van der Waals surface area contributed by atoms with E-state index in [1.807, 2.05) is 0 Å². The molecule has 0 unspecified atom stereocenters. The van der Waals surface area contributed by atoms with Gasteiger partial charge in [0.2, 0.25) is 0 Å². The van der Waals surface area contributed by atoms with Gasteiger partial charge in [-0.3, -0.25) is 0 Å². The van der Waals surface area contributed by atoms with Gasteiger partial charge in [0.1, 0.15) is 0 Å². The average Bonchev–Trinajstić information content (AvgIpc) is 0.722. The molecule has 0 fully saturated rings. The van der Waals surface area contributed by atoms with Crippen LogP contribution < -0.4 is 0 Å². The van der Waals surface area contributed by atoms with Crippen molar-refractivity contribution in [2.45, 2.75) is 0 Å². The summed E-state index contributed by atoms with van der Waals surface area (Å²) in [4.78, 5) is 21.6. The Bertz CT molecular complexity index is 55.1. The van der Waals surface area contributed by atoms with Crippen LogP contribution in [-0.4, -0.2) is 31.1 Å². The summed E-state index contributed by atoms with van der Waals surface area (Å²) >= 11 is 0. The molecule has 9 N–H and O–H groups in total. The fraction of sp³-hybridized carbons (Fsp3) is 0. The first-order chi connectivity index (χ1) is 2.00. The molecular weight excluding hydrogens is 208 g/mol. The molecule has 0 saturated carbocycles. The maximum atomic E-state index is 8.88. The van der Waals surface area contributed by atoms with Crippen molar-refractivity contribution in [3.63, 3.8) is 0 Å². The van der Waals surface area contributed by atoms with Gasteiger partial charge in [-0.15, -0.1) is 0 Å². The van der Waals surface area contributed by atoms with Crippen molar-refractivity contribution >= 4 is 7.82 Å². The first kappa shape index (κ1) is 33.5. The second kappa shape index (κ2) is 11.4. The van der Waals surface area contributed by atoms with Crippen LogP contribution in [0.25, 0.3) is 0 Å². The first-order valence-electron chi connectivity index (χ1n) is 0.783. The van der Waals surface area contributed by atoms with Gasteiger partial charge >= 0.3 is 7.82 Å². The van der Waals surface area contributed by atoms with Crippen LogP contribution in [-0.2, 0) is 24.0 Å². The van der Waals surface area contributed by atoms with Gasteiger partial charge in [-0.1, -0.05) is 0 Å². The molecule has 58 valence electrons. The molecule has 0 aliphatic carbocycles.